The van der Waals surface area contributed by atoms with Crippen LogP contribution in [0.25, 0.3) is 0 Å². The fourth-order valence-electron chi connectivity index (χ4n) is 1.50. The molecule has 0 amide bonds. The molecule has 0 fully saturated rings. The molecule has 0 bridgehead atoms. The van der Waals surface area contributed by atoms with Crippen molar-refractivity contribution >= 4 is 15.7 Å². The lowest BCUT2D eigenvalue weighted by Gasteiger charge is -2.24. The molecule has 1 aromatic rings. The SMILES string of the molecule is CC(C)(CCO)NS(=O)(=O)c1ccc([N+](=O)[O-])cc1. The first kappa shape index (κ1) is 15.5. The number of hydrogen-bond acceptors (Lipinski definition) is 5. The second kappa shape index (κ2) is 5.64. The van der Waals surface area contributed by atoms with Gasteiger partial charge in [0, 0.05) is 24.3 Å². The van der Waals surface area contributed by atoms with E-state index in [4.69, 9.17) is 5.11 Å². The van der Waals surface area contributed by atoms with Gasteiger partial charge >= 0.3 is 0 Å². The van der Waals surface area contributed by atoms with E-state index in [-0.39, 0.29) is 23.6 Å². The lowest BCUT2D eigenvalue weighted by molar-refractivity contribution is -0.384. The second-order valence-electron chi connectivity index (χ2n) is 4.71. The Hall–Kier alpha value is -1.51. The highest BCUT2D eigenvalue weighted by atomic mass is 32.2. The Kier molecular flexibility index (Phi) is 4.61. The number of non-ortho nitro benzene ring substituents is 1. The van der Waals surface area contributed by atoms with E-state index < -0.39 is 20.5 Å². The highest BCUT2D eigenvalue weighted by Crippen LogP contribution is 2.18. The number of nitrogens with one attached hydrogen (secondary N) is 1. The molecule has 0 saturated heterocycles. The smallest absolute Gasteiger partial charge is 0.269 e. The largest absolute Gasteiger partial charge is 0.396 e. The van der Waals surface area contributed by atoms with Gasteiger partial charge < -0.3 is 5.11 Å². The van der Waals surface area contributed by atoms with Gasteiger partial charge in [-0.3, -0.25) is 10.1 Å². The zero-order valence-electron chi connectivity index (χ0n) is 10.7. The third-order valence-electron chi connectivity index (χ3n) is 2.51. The number of nitro benzene ring substituents is 1. The van der Waals surface area contributed by atoms with Gasteiger partial charge in [0.05, 0.1) is 9.82 Å². The summed E-state index contributed by atoms with van der Waals surface area (Å²) in [5, 5.41) is 19.3. The summed E-state index contributed by atoms with van der Waals surface area (Å²) in [5.41, 5.74) is -0.969. The Bertz CT molecular complexity index is 551. The van der Waals surface area contributed by atoms with E-state index in [0.29, 0.717) is 0 Å². The average Bonchev–Trinajstić information content (AvgIpc) is 2.27. The van der Waals surface area contributed by atoms with Gasteiger partial charge in [0.2, 0.25) is 10.0 Å². The number of hydrogen-bond donors (Lipinski definition) is 2. The molecule has 19 heavy (non-hydrogen) atoms. The minimum atomic E-state index is -3.77. The summed E-state index contributed by atoms with van der Waals surface area (Å²) in [6, 6.07) is 4.62. The van der Waals surface area contributed by atoms with Crippen molar-refractivity contribution in [2.75, 3.05) is 6.61 Å². The Labute approximate surface area is 111 Å². The first-order valence-electron chi connectivity index (χ1n) is 5.57. The lowest BCUT2D eigenvalue weighted by Crippen LogP contribution is -2.43. The Morgan fingerprint density at radius 3 is 2.26 bits per heavy atom. The summed E-state index contributed by atoms with van der Waals surface area (Å²) in [5.74, 6) is 0. The van der Waals surface area contributed by atoms with Crippen molar-refractivity contribution in [1.82, 2.24) is 4.72 Å². The third-order valence-corrected chi connectivity index (χ3v) is 4.22. The van der Waals surface area contributed by atoms with E-state index in [2.05, 4.69) is 4.72 Å². The molecule has 0 unspecified atom stereocenters. The van der Waals surface area contributed by atoms with Crippen LogP contribution in [0.1, 0.15) is 20.3 Å². The van der Waals surface area contributed by atoms with E-state index in [1.165, 1.54) is 12.1 Å². The van der Waals surface area contributed by atoms with Gasteiger partial charge in [-0.05, 0) is 32.4 Å². The fraction of sp³-hybridized carbons (Fsp3) is 0.455. The van der Waals surface area contributed by atoms with Crippen LogP contribution in [0.3, 0.4) is 0 Å². The average molecular weight is 288 g/mol. The zero-order chi connectivity index (χ0) is 14.7. The first-order valence-corrected chi connectivity index (χ1v) is 7.05. The molecule has 0 aromatic heterocycles. The van der Waals surface area contributed by atoms with Crippen LogP contribution in [-0.2, 0) is 10.0 Å². The van der Waals surface area contributed by atoms with Gasteiger partial charge in [-0.1, -0.05) is 0 Å². The molecule has 0 spiro atoms. The van der Waals surface area contributed by atoms with E-state index in [9.17, 15) is 18.5 Å². The van der Waals surface area contributed by atoms with Crippen molar-refractivity contribution < 1.29 is 18.4 Å². The molecule has 1 rings (SSSR count). The maximum absolute atomic E-state index is 12.0. The highest BCUT2D eigenvalue weighted by molar-refractivity contribution is 7.89. The van der Waals surface area contributed by atoms with Crippen molar-refractivity contribution in [3.8, 4) is 0 Å². The molecule has 8 heteroatoms. The molecule has 0 saturated carbocycles. The Morgan fingerprint density at radius 2 is 1.84 bits per heavy atom. The molecule has 0 heterocycles. The Balaban J connectivity index is 2.98. The quantitative estimate of drug-likeness (QED) is 0.600. The van der Waals surface area contributed by atoms with Gasteiger partial charge in [-0.25, -0.2) is 13.1 Å². The summed E-state index contributed by atoms with van der Waals surface area (Å²) in [6.07, 6.45) is 0.263. The number of aliphatic hydroxyl groups excluding tert-OH is 1. The third kappa shape index (κ3) is 4.27. The van der Waals surface area contributed by atoms with Crippen LogP contribution in [0.4, 0.5) is 5.69 Å². The summed E-state index contributed by atoms with van der Waals surface area (Å²) in [7, 11) is -3.77. The van der Waals surface area contributed by atoms with Crippen LogP contribution in [-0.4, -0.2) is 30.6 Å². The normalized spacial score (nSPS) is 12.4. The molecule has 2 N–H and O–H groups in total. The van der Waals surface area contributed by atoms with Crippen molar-refractivity contribution in [3.63, 3.8) is 0 Å². The monoisotopic (exact) mass is 288 g/mol. The molecule has 0 atom stereocenters. The highest BCUT2D eigenvalue weighted by Gasteiger charge is 2.26. The topological polar surface area (TPSA) is 110 Å². The van der Waals surface area contributed by atoms with Gasteiger partial charge in [-0.15, -0.1) is 0 Å². The zero-order valence-corrected chi connectivity index (χ0v) is 11.5. The number of nitrogens with zero attached hydrogens (tertiary/aromatic N) is 1. The molecule has 0 aliphatic rings. The first-order chi connectivity index (χ1) is 8.68. The van der Waals surface area contributed by atoms with Crippen molar-refractivity contribution in [1.29, 1.82) is 0 Å². The minimum absolute atomic E-state index is 0.0517. The summed E-state index contributed by atoms with van der Waals surface area (Å²) >= 11 is 0. The van der Waals surface area contributed by atoms with Crippen molar-refractivity contribution in [2.24, 2.45) is 0 Å². The van der Waals surface area contributed by atoms with E-state index in [1.54, 1.807) is 13.8 Å². The predicted octanol–water partition coefficient (Wildman–Crippen LogP) is 1.03. The number of benzene rings is 1. The molecule has 106 valence electrons. The number of nitro groups is 1. The molecular formula is C11H16N2O5S. The van der Waals surface area contributed by atoms with Gasteiger partial charge in [0.15, 0.2) is 0 Å². The number of aliphatic hydroxyl groups is 1. The summed E-state index contributed by atoms with van der Waals surface area (Å²) < 4.78 is 26.5. The summed E-state index contributed by atoms with van der Waals surface area (Å²) in [4.78, 5) is 9.84. The van der Waals surface area contributed by atoms with Crippen LogP contribution in [0.15, 0.2) is 29.2 Å². The van der Waals surface area contributed by atoms with Crippen LogP contribution in [0, 0.1) is 10.1 Å². The molecule has 1 aromatic carbocycles. The van der Waals surface area contributed by atoms with Gasteiger partial charge in [0.25, 0.3) is 5.69 Å². The van der Waals surface area contributed by atoms with E-state index in [1.807, 2.05) is 0 Å². The van der Waals surface area contributed by atoms with E-state index >= 15 is 0 Å². The number of rotatable bonds is 6. The van der Waals surface area contributed by atoms with Gasteiger partial charge in [0.1, 0.15) is 0 Å². The maximum atomic E-state index is 12.0. The molecule has 7 nitrogen and oxygen atoms in total. The van der Waals surface area contributed by atoms with E-state index in [0.717, 1.165) is 12.1 Å². The molecule has 0 radical (unpaired) electrons. The van der Waals surface area contributed by atoms with Crippen LogP contribution in [0.2, 0.25) is 0 Å². The van der Waals surface area contributed by atoms with Crippen LogP contribution < -0.4 is 4.72 Å². The van der Waals surface area contributed by atoms with Gasteiger partial charge in [-0.2, -0.15) is 0 Å². The fourth-order valence-corrected chi connectivity index (χ4v) is 2.94. The standard InChI is InChI=1S/C11H16N2O5S/c1-11(2,7-8-14)12-19(17,18)10-5-3-9(4-6-10)13(15)16/h3-6,12,14H,7-8H2,1-2H3. The summed E-state index contributed by atoms with van der Waals surface area (Å²) in [6.45, 7) is 3.15. The molecule has 0 aliphatic carbocycles. The molecule has 0 aliphatic heterocycles. The maximum Gasteiger partial charge on any atom is 0.269 e. The Morgan fingerprint density at radius 1 is 1.32 bits per heavy atom. The lowest BCUT2D eigenvalue weighted by atomic mass is 10.0. The van der Waals surface area contributed by atoms with Crippen molar-refractivity contribution in [2.45, 2.75) is 30.7 Å². The van der Waals surface area contributed by atoms with Crippen molar-refractivity contribution in [3.05, 3.63) is 34.4 Å². The minimum Gasteiger partial charge on any atom is -0.396 e. The van der Waals surface area contributed by atoms with Crippen LogP contribution in [0.5, 0.6) is 0 Å². The molecular weight excluding hydrogens is 272 g/mol. The predicted molar refractivity (Wildman–Crippen MR) is 69.2 cm³/mol. The second-order valence-corrected chi connectivity index (χ2v) is 6.40. The van der Waals surface area contributed by atoms with Crippen LogP contribution >= 0.6 is 0 Å². The number of sulfonamides is 1.